The second-order valence-corrected chi connectivity index (χ2v) is 6.36. The molecule has 1 aromatic carbocycles. The van der Waals surface area contributed by atoms with Crippen LogP contribution in [0.1, 0.15) is 27.7 Å². The van der Waals surface area contributed by atoms with Gasteiger partial charge in [-0.1, -0.05) is 18.2 Å². The van der Waals surface area contributed by atoms with Crippen molar-refractivity contribution < 1.29 is 13.3 Å². The van der Waals surface area contributed by atoms with Crippen molar-refractivity contribution in [2.45, 2.75) is 27.7 Å². The third-order valence-corrected chi connectivity index (χ3v) is 5.89. The molecule has 0 radical (unpaired) electrons. The zero-order valence-electron chi connectivity index (χ0n) is 12.4. The van der Waals surface area contributed by atoms with Gasteiger partial charge in [0.2, 0.25) is 0 Å². The summed E-state index contributed by atoms with van der Waals surface area (Å²) in [5.41, 5.74) is 1.08. The molecule has 0 saturated carbocycles. The second kappa shape index (κ2) is 8.32. The molecule has 0 aliphatic carbocycles. The van der Waals surface area contributed by atoms with Crippen LogP contribution in [0.5, 0.6) is 0 Å². The van der Waals surface area contributed by atoms with Crippen LogP contribution < -0.4 is 4.57 Å². The molecule has 0 N–H and O–H groups in total. The maximum atomic E-state index is 5.94. The molecule has 0 amide bonds. The third-order valence-electron chi connectivity index (χ3n) is 2.69. The van der Waals surface area contributed by atoms with Crippen LogP contribution in [0.3, 0.4) is 0 Å². The smallest absolute Gasteiger partial charge is 0.357 e. The van der Waals surface area contributed by atoms with E-state index in [1.54, 1.807) is 0 Å². The van der Waals surface area contributed by atoms with E-state index in [0.717, 1.165) is 12.2 Å². The minimum atomic E-state index is -2.83. The van der Waals surface area contributed by atoms with Crippen LogP contribution in [0, 0.1) is 0 Å². The molecular weight excluding hydrogens is 258 g/mol. The Labute approximate surface area is 117 Å². The van der Waals surface area contributed by atoms with Gasteiger partial charge in [-0.3, -0.25) is 0 Å². The fourth-order valence-corrected chi connectivity index (χ4v) is 4.71. The number of anilines is 1. The number of hydrogen-bond donors (Lipinski definition) is 0. The Kier molecular flexibility index (Phi) is 7.08. The Morgan fingerprint density at radius 1 is 0.842 bits per heavy atom. The monoisotopic (exact) mass is 283 g/mol. The Balaban J connectivity index is 3.10. The van der Waals surface area contributed by atoms with Gasteiger partial charge in [0.15, 0.2) is 0 Å². The molecule has 1 aromatic rings. The highest BCUT2D eigenvalue weighted by Crippen LogP contribution is 2.24. The minimum Gasteiger partial charge on any atom is -0.357 e. The highest BCUT2D eigenvalue weighted by Gasteiger charge is 2.48. The molecule has 0 unspecified atom stereocenters. The van der Waals surface area contributed by atoms with Crippen LogP contribution >= 0.6 is 0 Å². The summed E-state index contributed by atoms with van der Waals surface area (Å²) < 4.78 is 19.9. The van der Waals surface area contributed by atoms with Crippen molar-refractivity contribution in [3.8, 4) is 0 Å². The van der Waals surface area contributed by atoms with Gasteiger partial charge >= 0.3 is 8.97 Å². The summed E-state index contributed by atoms with van der Waals surface area (Å²) in [5.74, 6) is 0. The summed E-state index contributed by atoms with van der Waals surface area (Å²) in [6.07, 6.45) is 0. The van der Waals surface area contributed by atoms with E-state index in [0.29, 0.717) is 19.8 Å². The molecule has 0 fully saturated rings. The lowest BCUT2D eigenvalue weighted by molar-refractivity contribution is 0.0693. The standard InChI is InChI=1S/C14H25NO3Si/c1-5-15(14-12-10-9-11-13-14)19(16-6-2,17-7-3)18-8-4/h9-13H,5-8H2,1-4H3. The van der Waals surface area contributed by atoms with E-state index < -0.39 is 8.97 Å². The predicted molar refractivity (Wildman–Crippen MR) is 80.1 cm³/mol. The Hall–Kier alpha value is -0.883. The first-order valence-corrected chi connectivity index (χ1v) is 8.65. The SMILES string of the molecule is CCO[Si](OCC)(OCC)N(CC)c1ccccc1. The van der Waals surface area contributed by atoms with Crippen molar-refractivity contribution in [3.63, 3.8) is 0 Å². The fraction of sp³-hybridized carbons (Fsp3) is 0.571. The summed E-state index contributed by atoms with van der Waals surface area (Å²) >= 11 is 0. The van der Waals surface area contributed by atoms with Crippen molar-refractivity contribution in [2.24, 2.45) is 0 Å². The molecule has 0 saturated heterocycles. The van der Waals surface area contributed by atoms with Crippen molar-refractivity contribution in [1.29, 1.82) is 0 Å². The lowest BCUT2D eigenvalue weighted by atomic mass is 10.3. The van der Waals surface area contributed by atoms with Gasteiger partial charge in [0.05, 0.1) is 0 Å². The molecule has 5 heteroatoms. The highest BCUT2D eigenvalue weighted by molar-refractivity contribution is 6.65. The van der Waals surface area contributed by atoms with Crippen LogP contribution in [0.25, 0.3) is 0 Å². The number of rotatable bonds is 9. The maximum Gasteiger partial charge on any atom is 0.633 e. The summed E-state index contributed by atoms with van der Waals surface area (Å²) in [6.45, 7) is 10.5. The second-order valence-electron chi connectivity index (χ2n) is 3.90. The summed E-state index contributed by atoms with van der Waals surface area (Å²) in [5, 5.41) is 0. The number of nitrogens with zero attached hydrogens (tertiary/aromatic N) is 1. The van der Waals surface area contributed by atoms with E-state index in [-0.39, 0.29) is 0 Å². The summed E-state index contributed by atoms with van der Waals surface area (Å²) in [4.78, 5) is 0. The number of hydrogen-bond acceptors (Lipinski definition) is 4. The molecule has 4 nitrogen and oxygen atoms in total. The summed E-state index contributed by atoms with van der Waals surface area (Å²) in [7, 11) is -2.83. The van der Waals surface area contributed by atoms with Crippen LogP contribution in [0.4, 0.5) is 5.69 Å². The van der Waals surface area contributed by atoms with E-state index in [9.17, 15) is 0 Å². The topological polar surface area (TPSA) is 30.9 Å². The first-order chi connectivity index (χ1) is 9.24. The maximum absolute atomic E-state index is 5.94. The zero-order chi connectivity index (χ0) is 14.1. The lowest BCUT2D eigenvalue weighted by Gasteiger charge is -2.38. The van der Waals surface area contributed by atoms with Crippen LogP contribution in [-0.2, 0) is 13.3 Å². The average molecular weight is 283 g/mol. The number of benzene rings is 1. The molecule has 0 aliphatic rings. The first kappa shape index (κ1) is 16.2. The largest absolute Gasteiger partial charge is 0.633 e. The third kappa shape index (κ3) is 4.04. The Morgan fingerprint density at radius 2 is 1.32 bits per heavy atom. The molecule has 0 spiro atoms. The van der Waals surface area contributed by atoms with E-state index in [1.165, 1.54) is 0 Å². The van der Waals surface area contributed by atoms with Crippen molar-refractivity contribution >= 4 is 14.7 Å². The predicted octanol–water partition coefficient (Wildman–Crippen LogP) is 3.06. The Morgan fingerprint density at radius 3 is 1.68 bits per heavy atom. The molecule has 19 heavy (non-hydrogen) atoms. The molecule has 0 bridgehead atoms. The van der Waals surface area contributed by atoms with Gasteiger partial charge in [-0.2, -0.15) is 0 Å². The fourth-order valence-electron chi connectivity index (χ4n) is 2.05. The molecular formula is C14H25NO3Si. The molecule has 108 valence electrons. The normalized spacial score (nSPS) is 11.6. The van der Waals surface area contributed by atoms with Gasteiger partial charge in [-0.15, -0.1) is 0 Å². The van der Waals surface area contributed by atoms with Crippen molar-refractivity contribution in [1.82, 2.24) is 0 Å². The van der Waals surface area contributed by atoms with Gasteiger partial charge in [-0.25, -0.2) is 0 Å². The van der Waals surface area contributed by atoms with Gasteiger partial charge < -0.3 is 17.8 Å². The highest BCUT2D eigenvalue weighted by atomic mass is 28.4. The molecule has 0 atom stereocenters. The van der Waals surface area contributed by atoms with Gasteiger partial charge in [0, 0.05) is 32.1 Å². The minimum absolute atomic E-state index is 0.579. The number of para-hydroxylation sites is 1. The van der Waals surface area contributed by atoms with E-state index in [1.807, 2.05) is 39.0 Å². The first-order valence-electron chi connectivity index (χ1n) is 6.98. The van der Waals surface area contributed by atoms with E-state index in [2.05, 4.69) is 23.6 Å². The van der Waals surface area contributed by atoms with Crippen LogP contribution in [0.2, 0.25) is 0 Å². The van der Waals surface area contributed by atoms with E-state index in [4.69, 9.17) is 13.3 Å². The summed E-state index contributed by atoms with van der Waals surface area (Å²) in [6, 6.07) is 10.1. The quantitative estimate of drug-likeness (QED) is 0.652. The molecule has 1 rings (SSSR count). The molecule has 0 aliphatic heterocycles. The van der Waals surface area contributed by atoms with Gasteiger partial charge in [0.1, 0.15) is 0 Å². The van der Waals surface area contributed by atoms with Gasteiger partial charge in [-0.05, 0) is 39.8 Å². The van der Waals surface area contributed by atoms with Crippen LogP contribution in [0.15, 0.2) is 30.3 Å². The van der Waals surface area contributed by atoms with Gasteiger partial charge in [0.25, 0.3) is 0 Å². The van der Waals surface area contributed by atoms with E-state index >= 15 is 0 Å². The van der Waals surface area contributed by atoms with Crippen LogP contribution in [-0.4, -0.2) is 35.3 Å². The van der Waals surface area contributed by atoms with Crippen molar-refractivity contribution in [3.05, 3.63) is 30.3 Å². The molecule has 0 aromatic heterocycles. The van der Waals surface area contributed by atoms with Crippen molar-refractivity contribution in [2.75, 3.05) is 30.9 Å². The lowest BCUT2D eigenvalue weighted by Crippen LogP contribution is -2.61. The average Bonchev–Trinajstić information content (AvgIpc) is 2.41. The zero-order valence-corrected chi connectivity index (χ0v) is 13.4. The Bertz CT molecular complexity index is 331. The molecule has 0 heterocycles.